The summed E-state index contributed by atoms with van der Waals surface area (Å²) in [5, 5.41) is 2.89. The van der Waals surface area contributed by atoms with Crippen LogP contribution in [0.5, 0.6) is 0 Å². The summed E-state index contributed by atoms with van der Waals surface area (Å²) in [6.45, 7) is 1.68. The van der Waals surface area contributed by atoms with Gasteiger partial charge in [0.2, 0.25) is 17.7 Å². The zero-order valence-electron chi connectivity index (χ0n) is 21.0. The average molecular weight is 594 g/mol. The van der Waals surface area contributed by atoms with Crippen molar-refractivity contribution in [1.29, 1.82) is 0 Å². The number of aromatic nitrogens is 1. The van der Waals surface area contributed by atoms with E-state index in [1.807, 2.05) is 19.1 Å². The fourth-order valence-corrected chi connectivity index (χ4v) is 8.01. The largest absolute Gasteiger partial charge is 0.325 e. The van der Waals surface area contributed by atoms with Crippen LogP contribution in [0.2, 0.25) is 5.02 Å². The Balaban J connectivity index is 1.40. The van der Waals surface area contributed by atoms with Crippen LogP contribution in [0.15, 0.2) is 82.6 Å². The molecule has 7 nitrogen and oxygen atoms in total. The van der Waals surface area contributed by atoms with Gasteiger partial charge in [-0.2, -0.15) is 0 Å². The first-order valence-corrected chi connectivity index (χ1v) is 14.4. The van der Waals surface area contributed by atoms with Gasteiger partial charge in [-0.15, -0.1) is 0 Å². The number of anilines is 2. The van der Waals surface area contributed by atoms with Crippen LogP contribution in [0, 0.1) is 18.7 Å². The van der Waals surface area contributed by atoms with E-state index in [1.165, 1.54) is 16.7 Å². The molecule has 1 N–H and O–H groups in total. The lowest BCUT2D eigenvalue weighted by molar-refractivity contribution is -0.122. The van der Waals surface area contributed by atoms with Crippen molar-refractivity contribution in [3.05, 3.63) is 109 Å². The molecule has 40 heavy (non-hydrogen) atoms. The SMILES string of the molecule is Cc1ccc(NC(=O)Cn2c3c(sc2=O)C(c2ccc(F)cc2)C2C(=O)N(c4ccc(Cl)cc4)C(=O)C2S3)cc1. The number of thioether (sulfide) groups is 1. The Hall–Kier alpha value is -3.73. The van der Waals surface area contributed by atoms with E-state index in [1.54, 1.807) is 48.5 Å². The molecule has 3 unspecified atom stereocenters. The molecule has 3 atom stereocenters. The van der Waals surface area contributed by atoms with Crippen LogP contribution in [0.1, 0.15) is 21.9 Å². The first-order chi connectivity index (χ1) is 19.2. The second-order valence-corrected chi connectivity index (χ2v) is 12.2. The molecule has 3 amide bonds. The van der Waals surface area contributed by atoms with Crippen LogP contribution >= 0.6 is 34.7 Å². The molecular formula is C29H21ClFN3O4S2. The van der Waals surface area contributed by atoms with E-state index in [0.717, 1.165) is 33.6 Å². The van der Waals surface area contributed by atoms with Crippen molar-refractivity contribution in [1.82, 2.24) is 4.57 Å². The molecule has 3 aromatic carbocycles. The van der Waals surface area contributed by atoms with E-state index in [-0.39, 0.29) is 11.4 Å². The topological polar surface area (TPSA) is 88.5 Å². The van der Waals surface area contributed by atoms with Gasteiger partial charge in [-0.1, -0.05) is 64.5 Å². The van der Waals surface area contributed by atoms with Gasteiger partial charge in [0.05, 0.1) is 16.6 Å². The number of carbonyl (C=O) groups excluding carboxylic acids is 3. The molecule has 3 heterocycles. The summed E-state index contributed by atoms with van der Waals surface area (Å²) in [5.74, 6) is -3.16. The van der Waals surface area contributed by atoms with E-state index >= 15 is 0 Å². The predicted octanol–water partition coefficient (Wildman–Crippen LogP) is 5.45. The number of hydrogen-bond acceptors (Lipinski definition) is 6. The maximum atomic E-state index is 13.8. The number of aryl methyl sites for hydroxylation is 1. The average Bonchev–Trinajstić information content (AvgIpc) is 3.37. The number of halogens is 2. The number of rotatable bonds is 5. The number of fused-ring (bicyclic) bond motifs is 2. The van der Waals surface area contributed by atoms with E-state index in [0.29, 0.717) is 31.9 Å². The van der Waals surface area contributed by atoms with Gasteiger partial charge in [0.15, 0.2) is 0 Å². The van der Waals surface area contributed by atoms with Gasteiger partial charge < -0.3 is 5.32 Å². The van der Waals surface area contributed by atoms with Crippen molar-refractivity contribution < 1.29 is 18.8 Å². The minimum atomic E-state index is -0.842. The van der Waals surface area contributed by atoms with Gasteiger partial charge >= 0.3 is 4.87 Å². The van der Waals surface area contributed by atoms with Gasteiger partial charge in [-0.3, -0.25) is 23.7 Å². The number of amides is 3. The van der Waals surface area contributed by atoms with Crippen LogP contribution in [-0.2, 0) is 20.9 Å². The molecule has 0 radical (unpaired) electrons. The zero-order chi connectivity index (χ0) is 28.1. The molecule has 0 aliphatic carbocycles. The van der Waals surface area contributed by atoms with Crippen LogP contribution in [0.4, 0.5) is 15.8 Å². The van der Waals surface area contributed by atoms with Gasteiger partial charge in [-0.25, -0.2) is 9.29 Å². The maximum absolute atomic E-state index is 13.8. The number of imide groups is 1. The highest BCUT2D eigenvalue weighted by Crippen LogP contribution is 2.53. The zero-order valence-corrected chi connectivity index (χ0v) is 23.4. The van der Waals surface area contributed by atoms with Crippen molar-refractivity contribution >= 4 is 63.8 Å². The monoisotopic (exact) mass is 593 g/mol. The lowest BCUT2D eigenvalue weighted by atomic mass is 9.83. The molecule has 0 bridgehead atoms. The van der Waals surface area contributed by atoms with Gasteiger partial charge in [-0.05, 0) is 61.0 Å². The third kappa shape index (κ3) is 4.66. The number of benzene rings is 3. The molecular weight excluding hydrogens is 573 g/mol. The second-order valence-electron chi connectivity index (χ2n) is 9.62. The summed E-state index contributed by atoms with van der Waals surface area (Å²) in [5.41, 5.74) is 2.64. The summed E-state index contributed by atoms with van der Waals surface area (Å²) in [6, 6.07) is 19.4. The molecule has 202 valence electrons. The van der Waals surface area contributed by atoms with Crippen LogP contribution in [0.3, 0.4) is 0 Å². The highest BCUT2D eigenvalue weighted by Gasteiger charge is 2.56. The van der Waals surface area contributed by atoms with E-state index in [9.17, 15) is 23.6 Å². The van der Waals surface area contributed by atoms with Crippen molar-refractivity contribution in [2.24, 2.45) is 5.92 Å². The molecule has 1 aromatic heterocycles. The Morgan fingerprint density at radius 3 is 2.30 bits per heavy atom. The quantitative estimate of drug-likeness (QED) is 0.311. The van der Waals surface area contributed by atoms with Crippen molar-refractivity contribution in [2.45, 2.75) is 29.7 Å². The number of thiazole rings is 1. The first kappa shape index (κ1) is 26.5. The Morgan fingerprint density at radius 2 is 1.62 bits per heavy atom. The Bertz CT molecular complexity index is 1700. The minimum Gasteiger partial charge on any atom is -0.325 e. The van der Waals surface area contributed by atoms with E-state index in [4.69, 9.17) is 11.6 Å². The minimum absolute atomic E-state index is 0.262. The van der Waals surface area contributed by atoms with Crippen LogP contribution in [-0.4, -0.2) is 27.5 Å². The fourth-order valence-electron chi connectivity index (χ4n) is 5.11. The normalized spacial score (nSPS) is 19.9. The summed E-state index contributed by atoms with van der Waals surface area (Å²) in [4.78, 5) is 55.0. The summed E-state index contributed by atoms with van der Waals surface area (Å²) >= 11 is 8.08. The fraction of sp³-hybridized carbons (Fsp3) is 0.172. The van der Waals surface area contributed by atoms with Crippen molar-refractivity contribution in [3.63, 3.8) is 0 Å². The predicted molar refractivity (Wildman–Crippen MR) is 154 cm³/mol. The molecule has 0 spiro atoms. The third-order valence-corrected chi connectivity index (χ3v) is 9.86. The van der Waals surface area contributed by atoms with Crippen molar-refractivity contribution in [2.75, 3.05) is 10.2 Å². The number of hydrogen-bond donors (Lipinski definition) is 1. The van der Waals surface area contributed by atoms with Gasteiger partial charge in [0.1, 0.15) is 17.6 Å². The molecule has 11 heteroatoms. The molecule has 2 aliphatic heterocycles. The highest BCUT2D eigenvalue weighted by molar-refractivity contribution is 8.00. The smallest absolute Gasteiger partial charge is 0.308 e. The standard InChI is InChI=1S/C29H21ClFN3O4S2/c1-15-2-10-19(11-3-15)32-21(35)14-33-28-25(40-29(33)38)22(16-4-8-18(31)9-5-16)23-24(39-28)27(37)34(26(23)36)20-12-6-17(30)7-13-20/h2-13,22-24H,14H2,1H3,(H,32,35). The van der Waals surface area contributed by atoms with Crippen LogP contribution < -0.4 is 15.1 Å². The highest BCUT2D eigenvalue weighted by atomic mass is 35.5. The van der Waals surface area contributed by atoms with Crippen LogP contribution in [0.25, 0.3) is 0 Å². The lowest BCUT2D eigenvalue weighted by Crippen LogP contribution is -2.33. The second kappa shape index (κ2) is 10.3. The molecule has 4 aromatic rings. The summed E-state index contributed by atoms with van der Waals surface area (Å²) in [7, 11) is 0. The van der Waals surface area contributed by atoms with Gasteiger partial charge in [0, 0.05) is 21.5 Å². The molecule has 0 saturated carbocycles. The Morgan fingerprint density at radius 1 is 0.950 bits per heavy atom. The van der Waals surface area contributed by atoms with Gasteiger partial charge in [0.25, 0.3) is 0 Å². The molecule has 1 saturated heterocycles. The maximum Gasteiger partial charge on any atom is 0.308 e. The lowest BCUT2D eigenvalue weighted by Gasteiger charge is -2.30. The summed E-state index contributed by atoms with van der Waals surface area (Å²) < 4.78 is 15.2. The Kier molecular flexibility index (Phi) is 6.85. The molecule has 6 rings (SSSR count). The van der Waals surface area contributed by atoms with Crippen molar-refractivity contribution in [3.8, 4) is 0 Å². The molecule has 2 aliphatic rings. The number of carbonyl (C=O) groups is 3. The van der Waals surface area contributed by atoms with E-state index < -0.39 is 40.6 Å². The first-order valence-electron chi connectivity index (χ1n) is 12.4. The van der Waals surface area contributed by atoms with E-state index in [2.05, 4.69) is 5.32 Å². The third-order valence-electron chi connectivity index (χ3n) is 7.00. The number of nitrogens with zero attached hydrogens (tertiary/aromatic N) is 2. The Labute approximate surface area is 241 Å². The summed E-state index contributed by atoms with van der Waals surface area (Å²) in [6.07, 6.45) is 0. The molecule has 1 fully saturated rings. The number of nitrogens with one attached hydrogen (secondary N) is 1.